The van der Waals surface area contributed by atoms with Gasteiger partial charge in [-0.05, 0) is 49.2 Å². The van der Waals surface area contributed by atoms with Crippen LogP contribution in [0.1, 0.15) is 42.8 Å². The number of unbranched alkanes of at least 4 members (excludes halogenated alkanes) is 1. The maximum absolute atomic E-state index is 12.6. The van der Waals surface area contributed by atoms with Crippen molar-refractivity contribution in [1.29, 1.82) is 0 Å². The van der Waals surface area contributed by atoms with Crippen LogP contribution in [-0.2, 0) is 0 Å². The molecular weight excluding hydrogens is 286 g/mol. The van der Waals surface area contributed by atoms with E-state index in [-0.39, 0.29) is 5.91 Å². The molecule has 1 amide bonds. The second-order valence-corrected chi connectivity index (χ2v) is 6.09. The zero-order valence-corrected chi connectivity index (χ0v) is 14.1. The highest BCUT2D eigenvalue weighted by molar-refractivity contribution is 6.01. The van der Waals surface area contributed by atoms with E-state index in [1.165, 1.54) is 10.9 Å². The molecule has 120 valence electrons. The maximum atomic E-state index is 12.6. The van der Waals surface area contributed by atoms with E-state index in [4.69, 9.17) is 4.42 Å². The Hall–Kier alpha value is -2.29. The summed E-state index contributed by atoms with van der Waals surface area (Å²) >= 11 is 0. The number of carbonyl (C=O) groups excluding carboxylic acids is 1. The molecule has 0 aliphatic carbocycles. The van der Waals surface area contributed by atoms with E-state index in [2.05, 4.69) is 38.1 Å². The SMILES string of the molecule is CCCCN(CC)C(=O)c1cc2cc3ccc(C)cc3cc2o1. The molecule has 0 aliphatic rings. The average molecular weight is 309 g/mol. The standard InChI is InChI=1S/C20H23NO2/c1-4-6-9-21(5-2)20(22)19-13-17-11-15-8-7-14(3)10-16(15)12-18(17)23-19/h7-8,10-13H,4-6,9H2,1-3H3. The summed E-state index contributed by atoms with van der Waals surface area (Å²) < 4.78 is 5.85. The summed E-state index contributed by atoms with van der Waals surface area (Å²) in [4.78, 5) is 14.5. The monoisotopic (exact) mass is 309 g/mol. The minimum Gasteiger partial charge on any atom is -0.451 e. The minimum absolute atomic E-state index is 0.0163. The van der Waals surface area contributed by atoms with E-state index in [0.717, 1.165) is 35.7 Å². The number of hydrogen-bond donors (Lipinski definition) is 0. The van der Waals surface area contributed by atoms with Crippen molar-refractivity contribution in [2.24, 2.45) is 0 Å². The van der Waals surface area contributed by atoms with E-state index in [1.807, 2.05) is 24.0 Å². The first-order chi connectivity index (χ1) is 11.1. The van der Waals surface area contributed by atoms with Crippen molar-refractivity contribution in [3.8, 4) is 0 Å². The van der Waals surface area contributed by atoms with Gasteiger partial charge in [-0.3, -0.25) is 4.79 Å². The molecule has 0 radical (unpaired) electrons. The van der Waals surface area contributed by atoms with E-state index in [9.17, 15) is 4.79 Å². The van der Waals surface area contributed by atoms with Gasteiger partial charge in [0.1, 0.15) is 5.58 Å². The van der Waals surface area contributed by atoms with Gasteiger partial charge in [0.2, 0.25) is 0 Å². The summed E-state index contributed by atoms with van der Waals surface area (Å²) in [6.45, 7) is 7.70. The van der Waals surface area contributed by atoms with Crippen LogP contribution in [0.5, 0.6) is 0 Å². The summed E-state index contributed by atoms with van der Waals surface area (Å²) in [5, 5.41) is 3.29. The van der Waals surface area contributed by atoms with Crippen LogP contribution in [0.2, 0.25) is 0 Å². The number of aryl methyl sites for hydroxylation is 1. The highest BCUT2D eigenvalue weighted by Crippen LogP contribution is 2.27. The largest absolute Gasteiger partial charge is 0.451 e. The number of nitrogens with zero attached hydrogens (tertiary/aromatic N) is 1. The third kappa shape index (κ3) is 3.09. The van der Waals surface area contributed by atoms with Crippen LogP contribution in [0.3, 0.4) is 0 Å². The first-order valence-corrected chi connectivity index (χ1v) is 8.35. The van der Waals surface area contributed by atoms with Crippen LogP contribution in [0.4, 0.5) is 0 Å². The number of hydrogen-bond acceptors (Lipinski definition) is 2. The lowest BCUT2D eigenvalue weighted by Gasteiger charge is -2.18. The summed E-state index contributed by atoms with van der Waals surface area (Å²) in [5.74, 6) is 0.419. The summed E-state index contributed by atoms with van der Waals surface area (Å²) in [6, 6.07) is 12.3. The van der Waals surface area contributed by atoms with E-state index in [0.29, 0.717) is 12.3 Å². The molecule has 0 unspecified atom stereocenters. The van der Waals surface area contributed by atoms with Gasteiger partial charge in [-0.15, -0.1) is 0 Å². The van der Waals surface area contributed by atoms with E-state index >= 15 is 0 Å². The fraction of sp³-hybridized carbons (Fsp3) is 0.350. The van der Waals surface area contributed by atoms with Crippen LogP contribution in [0, 0.1) is 6.92 Å². The van der Waals surface area contributed by atoms with Crippen LogP contribution in [-0.4, -0.2) is 23.9 Å². The number of furan rings is 1. The van der Waals surface area contributed by atoms with Crippen LogP contribution < -0.4 is 0 Å². The quantitative estimate of drug-likeness (QED) is 0.652. The molecule has 0 N–H and O–H groups in total. The first kappa shape index (κ1) is 15.6. The number of carbonyl (C=O) groups is 1. The summed E-state index contributed by atoms with van der Waals surface area (Å²) in [7, 11) is 0. The molecular formula is C20H23NO2. The van der Waals surface area contributed by atoms with Gasteiger partial charge in [-0.25, -0.2) is 0 Å². The molecule has 3 rings (SSSR count). The van der Waals surface area contributed by atoms with Gasteiger partial charge >= 0.3 is 0 Å². The van der Waals surface area contributed by atoms with Gasteiger partial charge in [0.25, 0.3) is 5.91 Å². The Labute approximate surface area is 136 Å². The highest BCUT2D eigenvalue weighted by Gasteiger charge is 2.18. The fourth-order valence-electron chi connectivity index (χ4n) is 2.92. The van der Waals surface area contributed by atoms with Crippen LogP contribution >= 0.6 is 0 Å². The van der Waals surface area contributed by atoms with Crippen molar-refractivity contribution in [2.75, 3.05) is 13.1 Å². The van der Waals surface area contributed by atoms with Gasteiger partial charge in [-0.2, -0.15) is 0 Å². The molecule has 0 saturated heterocycles. The number of amides is 1. The Balaban J connectivity index is 1.98. The summed E-state index contributed by atoms with van der Waals surface area (Å²) in [5.41, 5.74) is 1.99. The molecule has 3 nitrogen and oxygen atoms in total. The van der Waals surface area contributed by atoms with E-state index in [1.54, 1.807) is 0 Å². The molecule has 1 aromatic heterocycles. The van der Waals surface area contributed by atoms with Crippen molar-refractivity contribution >= 4 is 27.6 Å². The smallest absolute Gasteiger partial charge is 0.289 e. The Morgan fingerprint density at radius 3 is 2.61 bits per heavy atom. The van der Waals surface area contributed by atoms with Crippen LogP contribution in [0.15, 0.2) is 40.8 Å². The predicted octanol–water partition coefficient (Wildman–Crippen LogP) is 5.16. The number of fused-ring (bicyclic) bond motifs is 2. The van der Waals surface area contributed by atoms with Gasteiger partial charge in [0, 0.05) is 18.5 Å². The zero-order chi connectivity index (χ0) is 16.4. The molecule has 1 heterocycles. The van der Waals surface area contributed by atoms with Gasteiger partial charge in [0.05, 0.1) is 0 Å². The molecule has 0 spiro atoms. The zero-order valence-electron chi connectivity index (χ0n) is 14.1. The normalized spacial score (nSPS) is 11.3. The third-order valence-electron chi connectivity index (χ3n) is 4.29. The third-order valence-corrected chi connectivity index (χ3v) is 4.29. The number of benzene rings is 2. The summed E-state index contributed by atoms with van der Waals surface area (Å²) in [6.07, 6.45) is 2.09. The van der Waals surface area contributed by atoms with Crippen molar-refractivity contribution in [1.82, 2.24) is 4.90 Å². The van der Waals surface area contributed by atoms with Gasteiger partial charge < -0.3 is 9.32 Å². The number of rotatable bonds is 5. The molecule has 3 heteroatoms. The molecule has 2 aromatic carbocycles. The molecule has 3 aromatic rings. The van der Waals surface area contributed by atoms with Gasteiger partial charge in [0.15, 0.2) is 5.76 Å². The Morgan fingerprint density at radius 2 is 1.87 bits per heavy atom. The van der Waals surface area contributed by atoms with Gasteiger partial charge in [-0.1, -0.05) is 37.1 Å². The average Bonchev–Trinajstić information content (AvgIpc) is 2.96. The fourth-order valence-corrected chi connectivity index (χ4v) is 2.92. The van der Waals surface area contributed by atoms with Crippen molar-refractivity contribution < 1.29 is 9.21 Å². The second-order valence-electron chi connectivity index (χ2n) is 6.09. The Bertz CT molecular complexity index is 847. The molecule has 0 fully saturated rings. The lowest BCUT2D eigenvalue weighted by atomic mass is 10.1. The molecule has 0 bridgehead atoms. The predicted molar refractivity (Wildman–Crippen MR) is 94.9 cm³/mol. The molecule has 0 aliphatic heterocycles. The Morgan fingerprint density at radius 1 is 1.04 bits per heavy atom. The minimum atomic E-state index is -0.0163. The second kappa shape index (κ2) is 6.45. The van der Waals surface area contributed by atoms with Crippen molar-refractivity contribution in [2.45, 2.75) is 33.6 Å². The highest BCUT2D eigenvalue weighted by atomic mass is 16.3. The van der Waals surface area contributed by atoms with Crippen molar-refractivity contribution in [3.63, 3.8) is 0 Å². The molecule has 0 saturated carbocycles. The molecule has 0 atom stereocenters. The maximum Gasteiger partial charge on any atom is 0.289 e. The van der Waals surface area contributed by atoms with Crippen molar-refractivity contribution in [3.05, 3.63) is 47.7 Å². The Kier molecular flexibility index (Phi) is 4.37. The molecule has 23 heavy (non-hydrogen) atoms. The van der Waals surface area contributed by atoms with E-state index < -0.39 is 0 Å². The lowest BCUT2D eigenvalue weighted by Crippen LogP contribution is -2.31. The lowest BCUT2D eigenvalue weighted by molar-refractivity contribution is 0.0733. The first-order valence-electron chi connectivity index (χ1n) is 8.35. The topological polar surface area (TPSA) is 33.5 Å². The van der Waals surface area contributed by atoms with Crippen LogP contribution in [0.25, 0.3) is 21.7 Å².